The molecule has 5 nitrogen and oxygen atoms in total. The fourth-order valence-corrected chi connectivity index (χ4v) is 2.65. The van der Waals surface area contributed by atoms with E-state index in [1.165, 1.54) is 13.3 Å². The third-order valence-corrected chi connectivity index (χ3v) is 3.56. The lowest BCUT2D eigenvalue weighted by atomic mass is 9.96. The topological polar surface area (TPSA) is 53.3 Å². The number of carbonyl (C=O) groups excluding carboxylic acids is 1. The molecule has 0 saturated carbocycles. The van der Waals surface area contributed by atoms with Crippen LogP contribution in [0.25, 0.3) is 0 Å². The summed E-state index contributed by atoms with van der Waals surface area (Å²) in [4.78, 5) is 15.9. The Morgan fingerprint density at radius 2 is 2.25 bits per heavy atom. The van der Waals surface area contributed by atoms with Gasteiger partial charge in [0.25, 0.3) is 0 Å². The molecule has 3 rings (SSSR count). The predicted molar refractivity (Wildman–Crippen MR) is 72.9 cm³/mol. The van der Waals surface area contributed by atoms with Gasteiger partial charge < -0.3 is 14.0 Å². The van der Waals surface area contributed by atoms with Gasteiger partial charge in [-0.05, 0) is 13.0 Å². The molecule has 0 radical (unpaired) electrons. The summed E-state index contributed by atoms with van der Waals surface area (Å²) in [7, 11) is 1.38. The van der Waals surface area contributed by atoms with E-state index >= 15 is 0 Å². The van der Waals surface area contributed by atoms with Crippen LogP contribution in [-0.2, 0) is 4.74 Å². The van der Waals surface area contributed by atoms with Gasteiger partial charge in [0.15, 0.2) is 0 Å². The molecule has 104 valence electrons. The number of rotatable bonds is 2. The van der Waals surface area contributed by atoms with Crippen molar-refractivity contribution in [1.82, 2.24) is 9.55 Å². The van der Waals surface area contributed by atoms with Crippen molar-refractivity contribution in [2.45, 2.75) is 25.5 Å². The SMILES string of the molecule is COC(=O)c1cncn1[C@H]1C[C@H](C)Oc2ccccc21. The number of esters is 1. The number of benzene rings is 1. The Labute approximate surface area is 117 Å². The van der Waals surface area contributed by atoms with Crippen LogP contribution in [0.1, 0.15) is 35.4 Å². The Kier molecular flexibility index (Phi) is 3.18. The average Bonchev–Trinajstić information content (AvgIpc) is 2.94. The van der Waals surface area contributed by atoms with E-state index in [1.807, 2.05) is 35.8 Å². The Bertz CT molecular complexity index is 636. The van der Waals surface area contributed by atoms with Crippen LogP contribution < -0.4 is 4.74 Å². The number of imidazole rings is 1. The minimum atomic E-state index is -0.376. The van der Waals surface area contributed by atoms with Gasteiger partial charge in [0.1, 0.15) is 11.4 Å². The van der Waals surface area contributed by atoms with Gasteiger partial charge in [-0.3, -0.25) is 0 Å². The highest BCUT2D eigenvalue weighted by atomic mass is 16.5. The van der Waals surface area contributed by atoms with Crippen LogP contribution in [0.2, 0.25) is 0 Å². The molecule has 0 saturated heterocycles. The number of hydrogen-bond donors (Lipinski definition) is 0. The molecule has 2 atom stereocenters. The summed E-state index contributed by atoms with van der Waals surface area (Å²) < 4.78 is 12.5. The van der Waals surface area contributed by atoms with Crippen molar-refractivity contribution in [1.29, 1.82) is 0 Å². The maximum atomic E-state index is 11.8. The van der Waals surface area contributed by atoms with Crippen LogP contribution in [0.3, 0.4) is 0 Å². The van der Waals surface area contributed by atoms with Crippen molar-refractivity contribution in [2.75, 3.05) is 7.11 Å². The van der Waals surface area contributed by atoms with Crippen LogP contribution in [0, 0.1) is 0 Å². The minimum absolute atomic E-state index is 0.0338. The molecule has 0 amide bonds. The maximum Gasteiger partial charge on any atom is 0.356 e. The molecule has 0 spiro atoms. The molecule has 0 N–H and O–H groups in total. The van der Waals surface area contributed by atoms with E-state index < -0.39 is 0 Å². The molecular formula is C15H16N2O3. The van der Waals surface area contributed by atoms with Crippen molar-refractivity contribution in [3.05, 3.63) is 48.0 Å². The monoisotopic (exact) mass is 272 g/mol. The van der Waals surface area contributed by atoms with E-state index in [0.29, 0.717) is 5.69 Å². The molecule has 2 aromatic rings. The molecule has 0 unspecified atom stereocenters. The second-order valence-electron chi connectivity index (χ2n) is 4.90. The van der Waals surface area contributed by atoms with Crippen LogP contribution in [0.4, 0.5) is 0 Å². The molecule has 1 aromatic heterocycles. The summed E-state index contributed by atoms with van der Waals surface area (Å²) in [6, 6.07) is 7.93. The lowest BCUT2D eigenvalue weighted by molar-refractivity contribution is 0.0583. The zero-order valence-electron chi connectivity index (χ0n) is 11.4. The summed E-state index contributed by atoms with van der Waals surface area (Å²) in [6.45, 7) is 2.03. The third-order valence-electron chi connectivity index (χ3n) is 3.56. The van der Waals surface area contributed by atoms with Crippen LogP contribution in [0.5, 0.6) is 5.75 Å². The number of aromatic nitrogens is 2. The second kappa shape index (κ2) is 5.00. The van der Waals surface area contributed by atoms with E-state index in [4.69, 9.17) is 9.47 Å². The molecule has 5 heteroatoms. The summed E-state index contributed by atoms with van der Waals surface area (Å²) >= 11 is 0. The van der Waals surface area contributed by atoms with Crippen LogP contribution >= 0.6 is 0 Å². The predicted octanol–water partition coefficient (Wildman–Crippen LogP) is 2.43. The van der Waals surface area contributed by atoms with Gasteiger partial charge in [-0.1, -0.05) is 18.2 Å². The smallest absolute Gasteiger partial charge is 0.356 e. The quantitative estimate of drug-likeness (QED) is 0.788. The van der Waals surface area contributed by atoms with E-state index in [1.54, 1.807) is 6.33 Å². The molecule has 1 aliphatic heterocycles. The van der Waals surface area contributed by atoms with Crippen LogP contribution in [-0.4, -0.2) is 28.7 Å². The summed E-state index contributed by atoms with van der Waals surface area (Å²) in [5.74, 6) is 0.486. The van der Waals surface area contributed by atoms with Gasteiger partial charge in [-0.2, -0.15) is 0 Å². The normalized spacial score (nSPS) is 20.9. The van der Waals surface area contributed by atoms with Gasteiger partial charge in [0.2, 0.25) is 0 Å². The van der Waals surface area contributed by atoms with E-state index in [9.17, 15) is 4.79 Å². The number of carbonyl (C=O) groups is 1. The van der Waals surface area contributed by atoms with Gasteiger partial charge in [0.05, 0.1) is 31.8 Å². The Morgan fingerprint density at radius 1 is 1.45 bits per heavy atom. The van der Waals surface area contributed by atoms with Gasteiger partial charge in [-0.25, -0.2) is 9.78 Å². The average molecular weight is 272 g/mol. The fraction of sp³-hybridized carbons (Fsp3) is 0.333. The number of para-hydroxylation sites is 1. The standard InChI is InChI=1S/C15H16N2O3/c1-10-7-12(11-5-3-4-6-14(11)20-10)17-9-16-8-13(17)15(18)19-2/h3-6,8-10,12H,7H2,1-2H3/t10-,12-/m0/s1. The highest BCUT2D eigenvalue weighted by Gasteiger charge is 2.29. The first-order valence-corrected chi connectivity index (χ1v) is 6.56. The molecule has 0 bridgehead atoms. The van der Waals surface area contributed by atoms with Gasteiger partial charge >= 0.3 is 5.97 Å². The van der Waals surface area contributed by atoms with Crippen molar-refractivity contribution in [2.24, 2.45) is 0 Å². The molecule has 0 fully saturated rings. The molecule has 1 aliphatic rings. The minimum Gasteiger partial charge on any atom is -0.490 e. The Hall–Kier alpha value is -2.30. The van der Waals surface area contributed by atoms with E-state index in [0.717, 1.165) is 17.7 Å². The Balaban J connectivity index is 2.07. The van der Waals surface area contributed by atoms with Crippen molar-refractivity contribution in [3.63, 3.8) is 0 Å². The molecule has 20 heavy (non-hydrogen) atoms. The third kappa shape index (κ3) is 2.05. The maximum absolute atomic E-state index is 11.8. The lowest BCUT2D eigenvalue weighted by Crippen LogP contribution is -2.28. The number of methoxy groups -OCH3 is 1. The summed E-state index contributed by atoms with van der Waals surface area (Å²) in [6.07, 6.45) is 4.08. The Morgan fingerprint density at radius 3 is 3.05 bits per heavy atom. The first-order chi connectivity index (χ1) is 9.70. The molecule has 1 aromatic carbocycles. The molecule has 0 aliphatic carbocycles. The van der Waals surface area contributed by atoms with Crippen molar-refractivity contribution in [3.8, 4) is 5.75 Å². The fourth-order valence-electron chi connectivity index (χ4n) is 2.65. The lowest BCUT2D eigenvalue weighted by Gasteiger charge is -2.31. The summed E-state index contributed by atoms with van der Waals surface area (Å²) in [5, 5.41) is 0. The number of ether oxygens (including phenoxy) is 2. The summed E-state index contributed by atoms with van der Waals surface area (Å²) in [5.41, 5.74) is 1.52. The van der Waals surface area contributed by atoms with E-state index in [-0.39, 0.29) is 18.1 Å². The highest BCUT2D eigenvalue weighted by molar-refractivity contribution is 5.87. The van der Waals surface area contributed by atoms with Crippen molar-refractivity contribution >= 4 is 5.97 Å². The zero-order chi connectivity index (χ0) is 14.1. The zero-order valence-corrected chi connectivity index (χ0v) is 11.4. The van der Waals surface area contributed by atoms with E-state index in [2.05, 4.69) is 4.98 Å². The largest absolute Gasteiger partial charge is 0.490 e. The number of fused-ring (bicyclic) bond motifs is 1. The molecule has 2 heterocycles. The van der Waals surface area contributed by atoms with Crippen molar-refractivity contribution < 1.29 is 14.3 Å². The second-order valence-corrected chi connectivity index (χ2v) is 4.90. The number of hydrogen-bond acceptors (Lipinski definition) is 4. The molecular weight excluding hydrogens is 256 g/mol. The first-order valence-electron chi connectivity index (χ1n) is 6.56. The highest BCUT2D eigenvalue weighted by Crippen LogP contribution is 2.37. The first kappa shape index (κ1) is 12.7. The van der Waals surface area contributed by atoms with Gasteiger partial charge in [-0.15, -0.1) is 0 Å². The van der Waals surface area contributed by atoms with Crippen LogP contribution in [0.15, 0.2) is 36.8 Å². The number of nitrogens with zero attached hydrogens (tertiary/aromatic N) is 2. The van der Waals surface area contributed by atoms with Gasteiger partial charge in [0, 0.05) is 12.0 Å².